The van der Waals surface area contributed by atoms with Crippen molar-refractivity contribution in [2.75, 3.05) is 13.1 Å². The topological polar surface area (TPSA) is 102 Å². The quantitative estimate of drug-likeness (QED) is 0.633. The molecular formula is C14H18N2O5. The molecule has 2 rings (SSSR count). The van der Waals surface area contributed by atoms with Crippen molar-refractivity contribution in [3.63, 3.8) is 0 Å². The van der Waals surface area contributed by atoms with E-state index < -0.39 is 18.4 Å². The van der Waals surface area contributed by atoms with Crippen LogP contribution >= 0.6 is 0 Å². The average molecular weight is 294 g/mol. The molecule has 3 N–H and O–H groups in total. The molecule has 1 amide bonds. The first-order valence-corrected chi connectivity index (χ1v) is 6.67. The van der Waals surface area contributed by atoms with Crippen LogP contribution in [0, 0.1) is 0 Å². The highest BCUT2D eigenvalue weighted by atomic mass is 16.7. The van der Waals surface area contributed by atoms with Gasteiger partial charge in [0.25, 0.3) is 0 Å². The van der Waals surface area contributed by atoms with E-state index in [1.54, 1.807) is 12.1 Å². The number of benzene rings is 1. The SMILES string of the molecule is NC[C@@H]1CC(O)CN1C(=O)OC(=O)OCc1ccccc1. The van der Waals surface area contributed by atoms with Gasteiger partial charge in [-0.25, -0.2) is 9.59 Å². The number of aliphatic hydroxyl groups excluding tert-OH is 1. The molecule has 1 fully saturated rings. The first-order valence-electron chi connectivity index (χ1n) is 6.67. The number of nitrogens with two attached hydrogens (primary N) is 1. The number of hydrogen-bond donors (Lipinski definition) is 2. The Hall–Kier alpha value is -2.12. The molecule has 1 aromatic rings. The van der Waals surface area contributed by atoms with Gasteiger partial charge in [0.05, 0.1) is 12.6 Å². The van der Waals surface area contributed by atoms with Crippen molar-refractivity contribution in [3.05, 3.63) is 35.9 Å². The number of aliphatic hydroxyl groups is 1. The third-order valence-electron chi connectivity index (χ3n) is 3.27. The molecule has 1 unspecified atom stereocenters. The molecule has 21 heavy (non-hydrogen) atoms. The third-order valence-corrected chi connectivity index (χ3v) is 3.27. The van der Waals surface area contributed by atoms with Crippen molar-refractivity contribution in [3.8, 4) is 0 Å². The highest BCUT2D eigenvalue weighted by Crippen LogP contribution is 2.18. The minimum atomic E-state index is -1.07. The van der Waals surface area contributed by atoms with E-state index in [0.29, 0.717) is 6.42 Å². The van der Waals surface area contributed by atoms with Crippen LogP contribution in [0.25, 0.3) is 0 Å². The van der Waals surface area contributed by atoms with Crippen molar-refractivity contribution >= 4 is 12.2 Å². The van der Waals surface area contributed by atoms with Crippen molar-refractivity contribution < 1.29 is 24.2 Å². The molecule has 0 spiro atoms. The van der Waals surface area contributed by atoms with Crippen LogP contribution in [-0.4, -0.2) is 47.5 Å². The van der Waals surface area contributed by atoms with Gasteiger partial charge in [0.1, 0.15) is 6.61 Å². The van der Waals surface area contributed by atoms with Gasteiger partial charge in [0.15, 0.2) is 0 Å². The van der Waals surface area contributed by atoms with E-state index in [2.05, 4.69) is 4.74 Å². The number of hydrogen-bond acceptors (Lipinski definition) is 6. The lowest BCUT2D eigenvalue weighted by molar-refractivity contribution is 0.0530. The molecule has 0 aromatic heterocycles. The van der Waals surface area contributed by atoms with Crippen molar-refractivity contribution in [2.45, 2.75) is 25.2 Å². The van der Waals surface area contributed by atoms with E-state index in [9.17, 15) is 14.7 Å². The monoisotopic (exact) mass is 294 g/mol. The van der Waals surface area contributed by atoms with E-state index in [-0.39, 0.29) is 25.7 Å². The second-order valence-corrected chi connectivity index (χ2v) is 4.82. The van der Waals surface area contributed by atoms with E-state index in [1.807, 2.05) is 18.2 Å². The van der Waals surface area contributed by atoms with Crippen molar-refractivity contribution in [1.82, 2.24) is 4.90 Å². The van der Waals surface area contributed by atoms with Gasteiger partial charge in [-0.05, 0) is 12.0 Å². The predicted octanol–water partition coefficient (Wildman–Crippen LogP) is 0.854. The summed E-state index contributed by atoms with van der Waals surface area (Å²) in [5.74, 6) is 0. The molecule has 1 saturated heterocycles. The summed E-state index contributed by atoms with van der Waals surface area (Å²) in [6, 6.07) is 8.72. The van der Waals surface area contributed by atoms with Crippen LogP contribution in [0.3, 0.4) is 0 Å². The lowest BCUT2D eigenvalue weighted by Gasteiger charge is -2.21. The Kier molecular flexibility index (Phi) is 5.13. The third kappa shape index (κ3) is 4.17. The molecule has 0 bridgehead atoms. The molecule has 0 aliphatic carbocycles. The van der Waals surface area contributed by atoms with E-state index in [0.717, 1.165) is 5.56 Å². The minimum absolute atomic E-state index is 0.0237. The minimum Gasteiger partial charge on any atom is -0.429 e. The summed E-state index contributed by atoms with van der Waals surface area (Å²) in [5, 5.41) is 9.51. The Bertz CT molecular complexity index is 493. The van der Waals surface area contributed by atoms with Crippen LogP contribution in [0.15, 0.2) is 30.3 Å². The first-order chi connectivity index (χ1) is 10.1. The fourth-order valence-electron chi connectivity index (χ4n) is 2.21. The Morgan fingerprint density at radius 2 is 2.05 bits per heavy atom. The van der Waals surface area contributed by atoms with Crippen LogP contribution in [0.1, 0.15) is 12.0 Å². The average Bonchev–Trinajstić information content (AvgIpc) is 2.87. The Labute approximate surface area is 122 Å². The predicted molar refractivity (Wildman–Crippen MR) is 73.3 cm³/mol. The van der Waals surface area contributed by atoms with Gasteiger partial charge in [-0.1, -0.05) is 30.3 Å². The normalized spacial score (nSPS) is 21.1. The molecule has 2 atom stereocenters. The van der Waals surface area contributed by atoms with Gasteiger partial charge < -0.3 is 25.2 Å². The molecule has 1 aromatic carbocycles. The van der Waals surface area contributed by atoms with Gasteiger partial charge in [0.2, 0.25) is 0 Å². The second-order valence-electron chi connectivity index (χ2n) is 4.82. The maximum absolute atomic E-state index is 11.8. The van der Waals surface area contributed by atoms with Crippen LogP contribution in [0.4, 0.5) is 9.59 Å². The highest BCUT2D eigenvalue weighted by molar-refractivity contribution is 5.81. The number of β-amino-alcohol motifs (C(OH)–C–C–N with tert-alkyl or cyclic N) is 1. The van der Waals surface area contributed by atoms with Crippen LogP contribution in [0.2, 0.25) is 0 Å². The maximum Gasteiger partial charge on any atom is 0.517 e. The fourth-order valence-corrected chi connectivity index (χ4v) is 2.21. The molecule has 114 valence electrons. The molecule has 0 saturated carbocycles. The standard InChI is InChI=1S/C14H18N2O5/c15-7-11-6-12(17)8-16(11)13(18)21-14(19)20-9-10-4-2-1-3-5-10/h1-5,11-12,17H,6-9,15H2/t11-,12?/m0/s1. The Morgan fingerprint density at radius 1 is 1.33 bits per heavy atom. The summed E-state index contributed by atoms with van der Waals surface area (Å²) >= 11 is 0. The Balaban J connectivity index is 1.81. The largest absolute Gasteiger partial charge is 0.517 e. The van der Waals surface area contributed by atoms with E-state index >= 15 is 0 Å². The molecule has 7 nitrogen and oxygen atoms in total. The van der Waals surface area contributed by atoms with Crippen molar-refractivity contribution in [1.29, 1.82) is 0 Å². The lowest BCUT2D eigenvalue weighted by atomic mass is 10.2. The number of amides is 1. The van der Waals surface area contributed by atoms with Gasteiger partial charge in [-0.2, -0.15) is 0 Å². The zero-order valence-electron chi connectivity index (χ0n) is 11.5. The molecule has 1 aliphatic heterocycles. The summed E-state index contributed by atoms with van der Waals surface area (Å²) in [6.07, 6.45) is -2.18. The molecule has 7 heteroatoms. The summed E-state index contributed by atoms with van der Waals surface area (Å²) < 4.78 is 9.45. The van der Waals surface area contributed by atoms with Crippen LogP contribution in [-0.2, 0) is 16.1 Å². The second kappa shape index (κ2) is 7.05. The molecule has 1 aliphatic rings. The summed E-state index contributed by atoms with van der Waals surface area (Å²) in [5.41, 5.74) is 6.30. The summed E-state index contributed by atoms with van der Waals surface area (Å²) in [7, 11) is 0. The number of carbonyl (C=O) groups excluding carboxylic acids is 2. The zero-order valence-corrected chi connectivity index (χ0v) is 11.5. The van der Waals surface area contributed by atoms with Gasteiger partial charge >= 0.3 is 12.2 Å². The van der Waals surface area contributed by atoms with Crippen molar-refractivity contribution in [2.24, 2.45) is 5.73 Å². The maximum atomic E-state index is 11.8. The molecular weight excluding hydrogens is 276 g/mol. The summed E-state index contributed by atoms with van der Waals surface area (Å²) in [4.78, 5) is 24.5. The smallest absolute Gasteiger partial charge is 0.429 e. The number of ether oxygens (including phenoxy) is 2. The van der Waals surface area contributed by atoms with Crippen LogP contribution in [0.5, 0.6) is 0 Å². The molecule has 0 radical (unpaired) electrons. The number of nitrogens with zero attached hydrogens (tertiary/aromatic N) is 1. The molecule has 1 heterocycles. The first kappa shape index (κ1) is 15.3. The Morgan fingerprint density at radius 3 is 2.71 bits per heavy atom. The lowest BCUT2D eigenvalue weighted by Crippen LogP contribution is -2.41. The van der Waals surface area contributed by atoms with Gasteiger partial charge in [-0.3, -0.25) is 0 Å². The van der Waals surface area contributed by atoms with Gasteiger partial charge in [-0.15, -0.1) is 0 Å². The van der Waals surface area contributed by atoms with E-state index in [1.165, 1.54) is 4.90 Å². The van der Waals surface area contributed by atoms with Gasteiger partial charge in [0, 0.05) is 12.6 Å². The number of rotatable bonds is 3. The summed E-state index contributed by atoms with van der Waals surface area (Å²) in [6.45, 7) is 0.327. The van der Waals surface area contributed by atoms with E-state index in [4.69, 9.17) is 10.5 Å². The zero-order chi connectivity index (χ0) is 15.2. The highest BCUT2D eigenvalue weighted by Gasteiger charge is 2.35. The number of carbonyl (C=O) groups is 2. The fraction of sp³-hybridized carbons (Fsp3) is 0.429. The van der Waals surface area contributed by atoms with Crippen LogP contribution < -0.4 is 5.73 Å². The number of likely N-dealkylation sites (tertiary alicyclic amines) is 1.